The summed E-state index contributed by atoms with van der Waals surface area (Å²) in [4.78, 5) is 0. The van der Waals surface area contributed by atoms with Crippen molar-refractivity contribution in [3.63, 3.8) is 0 Å². The van der Waals surface area contributed by atoms with Crippen molar-refractivity contribution in [2.24, 2.45) is 0 Å². The quantitative estimate of drug-likeness (QED) is 0.872. The third-order valence-corrected chi connectivity index (χ3v) is 3.18. The highest BCUT2D eigenvalue weighted by atomic mass is 16.5. The number of rotatable bonds is 4. The van der Waals surface area contributed by atoms with Gasteiger partial charge >= 0.3 is 0 Å². The lowest BCUT2D eigenvalue weighted by molar-refractivity contribution is -0.0679. The molecule has 17 heavy (non-hydrogen) atoms. The molecule has 0 bridgehead atoms. The summed E-state index contributed by atoms with van der Waals surface area (Å²) in [5.74, 6) is 0.867. The minimum atomic E-state index is -0.721. The zero-order valence-electron chi connectivity index (χ0n) is 10.3. The Kier molecular flexibility index (Phi) is 4.02. The Morgan fingerprint density at radius 2 is 1.88 bits per heavy atom. The van der Waals surface area contributed by atoms with Crippen LogP contribution in [0.1, 0.15) is 31.7 Å². The Balaban J connectivity index is 2.06. The molecule has 0 spiro atoms. The molecule has 1 aliphatic heterocycles. The molecule has 0 aliphatic carbocycles. The standard InChI is InChI=1S/C14H20O3/c1-2-9-17-13-5-3-12(4-6-13)14(15)7-10-16-11-8-14/h3-6,15H,2,7-11H2,1H3. The lowest BCUT2D eigenvalue weighted by Gasteiger charge is -2.32. The maximum absolute atomic E-state index is 10.5. The fourth-order valence-corrected chi connectivity index (χ4v) is 2.08. The third kappa shape index (κ3) is 2.99. The van der Waals surface area contributed by atoms with Crippen LogP contribution in [0.25, 0.3) is 0 Å². The summed E-state index contributed by atoms with van der Waals surface area (Å²) in [7, 11) is 0. The van der Waals surface area contributed by atoms with E-state index in [9.17, 15) is 5.11 Å². The SMILES string of the molecule is CCCOc1ccc(C2(O)CCOCC2)cc1. The lowest BCUT2D eigenvalue weighted by Crippen LogP contribution is -2.33. The predicted octanol–water partition coefficient (Wildman–Crippen LogP) is 2.47. The van der Waals surface area contributed by atoms with Crippen molar-refractivity contribution in [3.8, 4) is 5.75 Å². The second-order valence-corrected chi connectivity index (χ2v) is 4.52. The molecule has 3 nitrogen and oxygen atoms in total. The molecule has 1 aromatic rings. The van der Waals surface area contributed by atoms with Gasteiger partial charge in [-0.05, 0) is 24.1 Å². The molecule has 1 saturated heterocycles. The van der Waals surface area contributed by atoms with Crippen LogP contribution < -0.4 is 4.74 Å². The molecule has 2 rings (SSSR count). The first-order valence-electron chi connectivity index (χ1n) is 6.28. The van der Waals surface area contributed by atoms with E-state index in [1.54, 1.807) is 0 Å². The fraction of sp³-hybridized carbons (Fsp3) is 0.571. The van der Waals surface area contributed by atoms with Gasteiger partial charge in [0.05, 0.1) is 12.2 Å². The van der Waals surface area contributed by atoms with Crippen LogP contribution in [0.15, 0.2) is 24.3 Å². The van der Waals surface area contributed by atoms with E-state index < -0.39 is 5.60 Å². The van der Waals surface area contributed by atoms with Crippen LogP contribution in [0, 0.1) is 0 Å². The van der Waals surface area contributed by atoms with Crippen LogP contribution in [0.3, 0.4) is 0 Å². The Morgan fingerprint density at radius 1 is 1.24 bits per heavy atom. The second kappa shape index (κ2) is 5.52. The minimum Gasteiger partial charge on any atom is -0.494 e. The minimum absolute atomic E-state index is 0.630. The molecule has 0 amide bonds. The van der Waals surface area contributed by atoms with Crippen LogP contribution in [0.2, 0.25) is 0 Å². The zero-order valence-corrected chi connectivity index (χ0v) is 10.3. The predicted molar refractivity (Wildman–Crippen MR) is 66.2 cm³/mol. The molecule has 0 atom stereocenters. The van der Waals surface area contributed by atoms with E-state index in [-0.39, 0.29) is 0 Å². The van der Waals surface area contributed by atoms with E-state index in [0.29, 0.717) is 26.1 Å². The van der Waals surface area contributed by atoms with Crippen molar-refractivity contribution >= 4 is 0 Å². The van der Waals surface area contributed by atoms with Crippen molar-refractivity contribution in [3.05, 3.63) is 29.8 Å². The highest BCUT2D eigenvalue weighted by molar-refractivity contribution is 5.31. The van der Waals surface area contributed by atoms with E-state index in [4.69, 9.17) is 9.47 Å². The maximum atomic E-state index is 10.5. The van der Waals surface area contributed by atoms with Gasteiger partial charge in [-0.2, -0.15) is 0 Å². The number of hydrogen-bond donors (Lipinski definition) is 1. The van der Waals surface area contributed by atoms with Gasteiger partial charge in [-0.25, -0.2) is 0 Å². The molecular formula is C14H20O3. The van der Waals surface area contributed by atoms with Gasteiger partial charge < -0.3 is 14.6 Å². The highest BCUT2D eigenvalue weighted by Crippen LogP contribution is 2.32. The fourth-order valence-electron chi connectivity index (χ4n) is 2.08. The smallest absolute Gasteiger partial charge is 0.119 e. The summed E-state index contributed by atoms with van der Waals surface area (Å²) < 4.78 is 10.8. The topological polar surface area (TPSA) is 38.7 Å². The van der Waals surface area contributed by atoms with Gasteiger partial charge in [0.2, 0.25) is 0 Å². The lowest BCUT2D eigenvalue weighted by atomic mass is 9.86. The summed E-state index contributed by atoms with van der Waals surface area (Å²) in [6, 6.07) is 7.77. The van der Waals surface area contributed by atoms with Gasteiger partial charge in [-0.1, -0.05) is 19.1 Å². The Hall–Kier alpha value is -1.06. The Morgan fingerprint density at radius 3 is 2.47 bits per heavy atom. The van der Waals surface area contributed by atoms with Gasteiger partial charge in [0.1, 0.15) is 5.75 Å². The number of aliphatic hydroxyl groups is 1. The van der Waals surface area contributed by atoms with Gasteiger partial charge in [-0.3, -0.25) is 0 Å². The molecule has 1 heterocycles. The van der Waals surface area contributed by atoms with Gasteiger partial charge in [0, 0.05) is 26.1 Å². The normalized spacial score (nSPS) is 18.9. The molecule has 1 aromatic carbocycles. The van der Waals surface area contributed by atoms with Crippen molar-refractivity contribution in [2.45, 2.75) is 31.8 Å². The van der Waals surface area contributed by atoms with Crippen LogP contribution in [-0.2, 0) is 10.3 Å². The van der Waals surface area contributed by atoms with E-state index >= 15 is 0 Å². The highest BCUT2D eigenvalue weighted by Gasteiger charge is 2.31. The number of ether oxygens (including phenoxy) is 2. The van der Waals surface area contributed by atoms with Gasteiger partial charge in [0.15, 0.2) is 0 Å². The van der Waals surface area contributed by atoms with E-state index in [2.05, 4.69) is 6.92 Å². The van der Waals surface area contributed by atoms with Crippen molar-refractivity contribution in [1.82, 2.24) is 0 Å². The van der Waals surface area contributed by atoms with Crippen molar-refractivity contribution in [2.75, 3.05) is 19.8 Å². The molecule has 0 radical (unpaired) electrons. The first-order valence-corrected chi connectivity index (χ1v) is 6.28. The maximum Gasteiger partial charge on any atom is 0.119 e. The van der Waals surface area contributed by atoms with Gasteiger partial charge in [0.25, 0.3) is 0 Å². The van der Waals surface area contributed by atoms with Crippen LogP contribution >= 0.6 is 0 Å². The van der Waals surface area contributed by atoms with Crippen molar-refractivity contribution in [1.29, 1.82) is 0 Å². The molecule has 0 unspecified atom stereocenters. The molecule has 94 valence electrons. The average molecular weight is 236 g/mol. The van der Waals surface area contributed by atoms with E-state index in [0.717, 1.165) is 24.3 Å². The van der Waals surface area contributed by atoms with Crippen LogP contribution in [0.5, 0.6) is 5.75 Å². The number of hydrogen-bond acceptors (Lipinski definition) is 3. The molecule has 0 aromatic heterocycles. The van der Waals surface area contributed by atoms with Crippen LogP contribution in [0.4, 0.5) is 0 Å². The monoisotopic (exact) mass is 236 g/mol. The second-order valence-electron chi connectivity index (χ2n) is 4.52. The summed E-state index contributed by atoms with van der Waals surface area (Å²) in [5, 5.41) is 10.5. The molecule has 3 heteroatoms. The Labute approximate surface area is 102 Å². The van der Waals surface area contributed by atoms with E-state index in [1.807, 2.05) is 24.3 Å². The summed E-state index contributed by atoms with van der Waals surface area (Å²) in [6.07, 6.45) is 2.34. The molecule has 0 saturated carbocycles. The largest absolute Gasteiger partial charge is 0.494 e. The first-order chi connectivity index (χ1) is 8.24. The molecular weight excluding hydrogens is 216 g/mol. The Bertz CT molecular complexity index is 339. The summed E-state index contributed by atoms with van der Waals surface area (Å²) in [6.45, 7) is 4.08. The van der Waals surface area contributed by atoms with Crippen molar-refractivity contribution < 1.29 is 14.6 Å². The molecule has 1 aliphatic rings. The molecule has 1 N–H and O–H groups in total. The van der Waals surface area contributed by atoms with E-state index in [1.165, 1.54) is 0 Å². The first kappa shape index (κ1) is 12.4. The van der Waals surface area contributed by atoms with Crippen LogP contribution in [-0.4, -0.2) is 24.9 Å². The number of benzene rings is 1. The summed E-state index contributed by atoms with van der Waals surface area (Å²) in [5.41, 5.74) is 0.242. The zero-order chi connectivity index (χ0) is 12.1. The average Bonchev–Trinajstić information content (AvgIpc) is 2.38. The van der Waals surface area contributed by atoms with Gasteiger partial charge in [-0.15, -0.1) is 0 Å². The third-order valence-electron chi connectivity index (χ3n) is 3.18. The summed E-state index contributed by atoms with van der Waals surface area (Å²) >= 11 is 0. The molecule has 1 fully saturated rings.